The third-order valence-electron chi connectivity index (χ3n) is 6.41. The molecule has 164 valence electrons. The first-order valence-corrected chi connectivity index (χ1v) is 11.4. The number of benzene rings is 2. The van der Waals surface area contributed by atoms with Crippen LogP contribution in [-0.2, 0) is 0 Å². The highest BCUT2D eigenvalue weighted by atomic mass is 16.2. The van der Waals surface area contributed by atoms with Crippen molar-refractivity contribution in [3.05, 3.63) is 60.2 Å². The van der Waals surface area contributed by atoms with E-state index >= 15 is 0 Å². The van der Waals surface area contributed by atoms with Crippen molar-refractivity contribution in [1.82, 2.24) is 10.2 Å². The second-order valence-electron chi connectivity index (χ2n) is 8.72. The van der Waals surface area contributed by atoms with Gasteiger partial charge in [0, 0.05) is 43.6 Å². The molecule has 31 heavy (non-hydrogen) atoms. The van der Waals surface area contributed by atoms with E-state index in [2.05, 4.69) is 28.5 Å². The summed E-state index contributed by atoms with van der Waals surface area (Å²) in [5.41, 5.74) is 2.60. The van der Waals surface area contributed by atoms with Gasteiger partial charge < -0.3 is 20.4 Å². The molecule has 2 aliphatic rings. The zero-order chi connectivity index (χ0) is 21.6. The molecule has 2 aliphatic heterocycles. The number of nitrogens with zero attached hydrogens (tertiary/aromatic N) is 2. The van der Waals surface area contributed by atoms with Gasteiger partial charge in [0.1, 0.15) is 0 Å². The van der Waals surface area contributed by atoms with Crippen molar-refractivity contribution < 1.29 is 9.59 Å². The number of hydrogen-bond donors (Lipinski definition) is 2. The van der Waals surface area contributed by atoms with E-state index in [1.165, 1.54) is 0 Å². The van der Waals surface area contributed by atoms with Crippen LogP contribution >= 0.6 is 0 Å². The molecule has 0 radical (unpaired) electrons. The smallest absolute Gasteiger partial charge is 0.319 e. The van der Waals surface area contributed by atoms with Gasteiger partial charge in [-0.2, -0.15) is 0 Å². The molecule has 0 unspecified atom stereocenters. The molecule has 0 aliphatic carbocycles. The van der Waals surface area contributed by atoms with Crippen molar-refractivity contribution in [1.29, 1.82) is 0 Å². The summed E-state index contributed by atoms with van der Waals surface area (Å²) in [6, 6.07) is 17.4. The lowest BCUT2D eigenvalue weighted by atomic mass is 9.98. The van der Waals surface area contributed by atoms with E-state index in [9.17, 15) is 9.59 Å². The van der Waals surface area contributed by atoms with E-state index in [0.29, 0.717) is 5.92 Å². The number of amides is 3. The minimum Gasteiger partial charge on any atom is -0.371 e. The number of para-hydroxylation sites is 2. The lowest BCUT2D eigenvalue weighted by Crippen LogP contribution is -2.46. The molecule has 2 heterocycles. The minimum atomic E-state index is -0.167. The van der Waals surface area contributed by atoms with Crippen molar-refractivity contribution in [2.24, 2.45) is 5.92 Å². The van der Waals surface area contributed by atoms with Gasteiger partial charge in [-0.3, -0.25) is 4.79 Å². The number of rotatable bonds is 4. The zero-order valence-electron chi connectivity index (χ0n) is 18.2. The Kier molecular flexibility index (Phi) is 6.75. The Morgan fingerprint density at radius 2 is 1.48 bits per heavy atom. The molecular weight excluding hydrogens is 388 g/mol. The predicted molar refractivity (Wildman–Crippen MR) is 125 cm³/mol. The van der Waals surface area contributed by atoms with Crippen molar-refractivity contribution in [3.8, 4) is 0 Å². The van der Waals surface area contributed by atoms with Crippen LogP contribution in [0.1, 0.15) is 43.0 Å². The van der Waals surface area contributed by atoms with Crippen molar-refractivity contribution in [2.75, 3.05) is 36.4 Å². The Morgan fingerprint density at radius 1 is 0.839 bits per heavy atom. The van der Waals surface area contributed by atoms with Gasteiger partial charge in [-0.1, -0.05) is 37.3 Å². The van der Waals surface area contributed by atoms with Gasteiger partial charge in [-0.25, -0.2) is 4.79 Å². The largest absolute Gasteiger partial charge is 0.371 e. The maximum Gasteiger partial charge on any atom is 0.319 e. The van der Waals surface area contributed by atoms with E-state index < -0.39 is 0 Å². The third-order valence-corrected chi connectivity index (χ3v) is 6.41. The monoisotopic (exact) mass is 420 g/mol. The first kappa shape index (κ1) is 21.2. The summed E-state index contributed by atoms with van der Waals surface area (Å²) in [6.45, 7) is 5.58. The van der Waals surface area contributed by atoms with Crippen LogP contribution in [0.2, 0.25) is 0 Å². The second-order valence-corrected chi connectivity index (χ2v) is 8.72. The fraction of sp³-hybridized carbons (Fsp3) is 0.440. The Labute approximate surface area is 184 Å². The van der Waals surface area contributed by atoms with Gasteiger partial charge in [0.2, 0.25) is 0 Å². The number of carbonyl (C=O) groups excluding carboxylic acids is 2. The van der Waals surface area contributed by atoms with Gasteiger partial charge in [0.05, 0.1) is 5.56 Å². The van der Waals surface area contributed by atoms with Crippen LogP contribution in [0.25, 0.3) is 0 Å². The lowest BCUT2D eigenvalue weighted by molar-refractivity contribution is 0.0697. The number of hydrogen-bond acceptors (Lipinski definition) is 3. The maximum atomic E-state index is 13.2. The summed E-state index contributed by atoms with van der Waals surface area (Å²) in [5.74, 6) is 0.843. The average Bonchev–Trinajstić information content (AvgIpc) is 2.80. The van der Waals surface area contributed by atoms with E-state index in [1.54, 1.807) is 0 Å². The molecule has 0 bridgehead atoms. The molecule has 0 aromatic heterocycles. The summed E-state index contributed by atoms with van der Waals surface area (Å²) in [4.78, 5) is 29.8. The highest BCUT2D eigenvalue weighted by Crippen LogP contribution is 2.27. The van der Waals surface area contributed by atoms with Gasteiger partial charge in [-0.05, 0) is 55.9 Å². The van der Waals surface area contributed by atoms with Gasteiger partial charge in [0.25, 0.3) is 5.91 Å². The Bertz CT molecular complexity index is 885. The third kappa shape index (κ3) is 5.37. The summed E-state index contributed by atoms with van der Waals surface area (Å²) in [6.07, 6.45) is 3.87. The van der Waals surface area contributed by atoms with Crippen LogP contribution in [0.3, 0.4) is 0 Å². The average molecular weight is 421 g/mol. The molecule has 6 nitrogen and oxygen atoms in total. The summed E-state index contributed by atoms with van der Waals surface area (Å²) >= 11 is 0. The topological polar surface area (TPSA) is 64.7 Å². The zero-order valence-corrected chi connectivity index (χ0v) is 18.2. The number of nitrogens with one attached hydrogen (secondary N) is 2. The molecule has 6 heteroatoms. The number of urea groups is 1. The Balaban J connectivity index is 1.34. The molecular formula is C25H32N4O2. The Hall–Kier alpha value is -3.02. The maximum absolute atomic E-state index is 13.2. The number of carbonyl (C=O) groups is 2. The lowest BCUT2D eigenvalue weighted by Gasteiger charge is -2.36. The quantitative estimate of drug-likeness (QED) is 0.773. The predicted octanol–water partition coefficient (Wildman–Crippen LogP) is 4.35. The van der Waals surface area contributed by atoms with E-state index in [1.807, 2.05) is 53.4 Å². The van der Waals surface area contributed by atoms with Gasteiger partial charge in [-0.15, -0.1) is 0 Å². The standard InChI is InChI=1S/C25H32N4O2/c1-19-11-15-29(16-12-19)24(30)22-9-5-6-10-23(22)28-17-13-21(14-18-28)27-25(31)26-20-7-3-2-4-8-20/h2-10,19,21H,11-18H2,1H3,(H2,26,27,31). The normalized spacial score (nSPS) is 18.0. The molecule has 0 spiro atoms. The van der Waals surface area contributed by atoms with E-state index in [4.69, 9.17) is 0 Å². The fourth-order valence-corrected chi connectivity index (χ4v) is 4.45. The SMILES string of the molecule is CC1CCN(C(=O)c2ccccc2N2CCC(NC(=O)Nc3ccccc3)CC2)CC1. The number of piperidine rings is 2. The molecule has 2 aromatic rings. The number of likely N-dealkylation sites (tertiary alicyclic amines) is 1. The summed E-state index contributed by atoms with van der Waals surface area (Å²) < 4.78 is 0. The first-order chi connectivity index (χ1) is 15.1. The number of anilines is 2. The fourth-order valence-electron chi connectivity index (χ4n) is 4.45. The molecule has 3 amide bonds. The molecule has 2 fully saturated rings. The first-order valence-electron chi connectivity index (χ1n) is 11.4. The van der Waals surface area contributed by atoms with Crippen molar-refractivity contribution in [3.63, 3.8) is 0 Å². The van der Waals surface area contributed by atoms with Crippen LogP contribution < -0.4 is 15.5 Å². The van der Waals surface area contributed by atoms with Crippen LogP contribution in [0.4, 0.5) is 16.2 Å². The molecule has 2 saturated heterocycles. The van der Waals surface area contributed by atoms with Crippen LogP contribution in [0.5, 0.6) is 0 Å². The molecule has 2 aromatic carbocycles. The molecule has 0 atom stereocenters. The van der Waals surface area contributed by atoms with E-state index in [-0.39, 0.29) is 18.0 Å². The van der Waals surface area contributed by atoms with Crippen molar-refractivity contribution in [2.45, 2.75) is 38.6 Å². The van der Waals surface area contributed by atoms with E-state index in [0.717, 1.165) is 68.8 Å². The molecule has 2 N–H and O–H groups in total. The van der Waals surface area contributed by atoms with Crippen molar-refractivity contribution >= 4 is 23.3 Å². The highest BCUT2D eigenvalue weighted by Gasteiger charge is 2.27. The Morgan fingerprint density at radius 3 is 2.19 bits per heavy atom. The molecule has 4 rings (SSSR count). The summed E-state index contributed by atoms with van der Waals surface area (Å²) in [7, 11) is 0. The minimum absolute atomic E-state index is 0.131. The second kappa shape index (κ2) is 9.86. The summed E-state index contributed by atoms with van der Waals surface area (Å²) in [5, 5.41) is 5.96. The highest BCUT2D eigenvalue weighted by molar-refractivity contribution is 6.00. The van der Waals surface area contributed by atoms with Crippen LogP contribution in [0, 0.1) is 5.92 Å². The van der Waals surface area contributed by atoms with Gasteiger partial charge >= 0.3 is 6.03 Å². The molecule has 0 saturated carbocycles. The van der Waals surface area contributed by atoms with Crippen LogP contribution in [0.15, 0.2) is 54.6 Å². The van der Waals surface area contributed by atoms with Gasteiger partial charge in [0.15, 0.2) is 0 Å². The van der Waals surface area contributed by atoms with Crippen LogP contribution in [-0.4, -0.2) is 49.1 Å².